The van der Waals surface area contributed by atoms with E-state index in [2.05, 4.69) is 13.0 Å². The van der Waals surface area contributed by atoms with Crippen molar-refractivity contribution in [1.29, 1.82) is 0 Å². The van der Waals surface area contributed by atoms with Gasteiger partial charge in [0.25, 0.3) is 11.7 Å². The van der Waals surface area contributed by atoms with Gasteiger partial charge in [-0.05, 0) is 94.5 Å². The molecule has 4 aliphatic rings. The number of carbonyl (C=O) groups excluding carboxylic acids is 5. The molecule has 3 aliphatic heterocycles. The number of ketones is 3. The summed E-state index contributed by atoms with van der Waals surface area (Å²) in [5.74, 6) is -7.32. The van der Waals surface area contributed by atoms with E-state index in [9.17, 15) is 34.2 Å². The van der Waals surface area contributed by atoms with Crippen molar-refractivity contribution in [1.82, 2.24) is 4.90 Å². The van der Waals surface area contributed by atoms with Crippen LogP contribution in [0.4, 0.5) is 0 Å². The number of aliphatic hydroxyl groups excluding tert-OH is 1. The van der Waals surface area contributed by atoms with Crippen LogP contribution in [0.3, 0.4) is 0 Å². The van der Waals surface area contributed by atoms with Gasteiger partial charge in [-0.1, -0.05) is 84.1 Å². The summed E-state index contributed by atoms with van der Waals surface area (Å²) >= 11 is 0. The van der Waals surface area contributed by atoms with E-state index in [4.69, 9.17) is 28.4 Å². The van der Waals surface area contributed by atoms with Crippen LogP contribution < -0.4 is 0 Å². The highest BCUT2D eigenvalue weighted by atomic mass is 16.6. The Morgan fingerprint density at radius 2 is 1.58 bits per heavy atom. The average Bonchev–Trinajstić information content (AvgIpc) is 3.31. The molecule has 2 saturated heterocycles. The van der Waals surface area contributed by atoms with Gasteiger partial charge in [0, 0.05) is 64.4 Å². The number of esters is 1. The molecule has 2 bridgehead atoms. The summed E-state index contributed by atoms with van der Waals surface area (Å²) in [5, 5.41) is 21.3. The first kappa shape index (κ1) is 56.2. The quantitative estimate of drug-likeness (QED) is 0.136. The van der Waals surface area contributed by atoms with Crippen molar-refractivity contribution in [2.24, 2.45) is 41.4 Å². The standard InChI is InChI=1S/C53H83NO13/c1-33-16-12-11-13-17-35(3)45(62-8)31-41-23-21-39(7)53(61,67-41)50(58)51(59)54-25-15-14-18-42(54)52(60)66-46(37(5)29-40-22-24-44(65-27-26-55)47(30-40)63-9)32-43(56)34(2)19-20-36(4)49(64-10)48(57)38(6)28-33/h11-13,16-17,19-20,33-34,36-42,44-47,49,55,61H,14-15,18,21-32H2,1-10H3/b13-11+,16-12+,20-19+,35-17+/t33-,34-,36-,37+,38-,39-,40+,41+,42+,44-,45+,46?,47-,49-,53-/m1/s1. The van der Waals surface area contributed by atoms with Crippen LogP contribution in [0.15, 0.2) is 48.1 Å². The maximum atomic E-state index is 14.4. The fraction of sp³-hybridized carbons (Fsp3) is 0.755. The number of fused-ring (bicyclic) bond motifs is 3. The molecule has 15 atom stereocenters. The van der Waals surface area contributed by atoms with Gasteiger partial charge in [-0.2, -0.15) is 0 Å². The normalized spacial score (nSPS) is 39.1. The Hall–Kier alpha value is -3.37. The molecule has 0 aromatic carbocycles. The first-order valence-electron chi connectivity index (χ1n) is 24.9. The van der Waals surface area contributed by atoms with Crippen LogP contribution in [0.5, 0.6) is 0 Å². The highest BCUT2D eigenvalue weighted by Crippen LogP contribution is 2.38. The van der Waals surface area contributed by atoms with Crippen molar-refractivity contribution < 1.29 is 62.6 Å². The molecule has 3 fully saturated rings. The van der Waals surface area contributed by atoms with Gasteiger partial charge in [0.05, 0.1) is 37.6 Å². The van der Waals surface area contributed by atoms with E-state index >= 15 is 0 Å². The zero-order valence-electron chi connectivity index (χ0n) is 42.1. The summed E-state index contributed by atoms with van der Waals surface area (Å²) < 4.78 is 35.8. The molecule has 0 aromatic heterocycles. The lowest BCUT2D eigenvalue weighted by Crippen LogP contribution is -2.61. The average molecular weight is 942 g/mol. The van der Waals surface area contributed by atoms with Crippen LogP contribution in [-0.2, 0) is 52.4 Å². The summed E-state index contributed by atoms with van der Waals surface area (Å²) in [7, 11) is 4.76. The molecule has 0 spiro atoms. The first-order chi connectivity index (χ1) is 31.9. The van der Waals surface area contributed by atoms with E-state index < -0.39 is 65.7 Å². The van der Waals surface area contributed by atoms with E-state index in [1.54, 1.807) is 34.1 Å². The van der Waals surface area contributed by atoms with Gasteiger partial charge in [-0.3, -0.25) is 19.2 Å². The van der Waals surface area contributed by atoms with E-state index in [1.165, 1.54) is 12.0 Å². The number of cyclic esters (lactones) is 1. The van der Waals surface area contributed by atoms with Crippen LogP contribution >= 0.6 is 0 Å². The first-order valence-corrected chi connectivity index (χ1v) is 24.9. The second-order valence-corrected chi connectivity index (χ2v) is 20.0. The van der Waals surface area contributed by atoms with Crippen LogP contribution in [-0.4, -0.2) is 134 Å². The number of piperidine rings is 1. The van der Waals surface area contributed by atoms with Gasteiger partial charge in [0.15, 0.2) is 5.78 Å². The van der Waals surface area contributed by atoms with Crippen molar-refractivity contribution in [3.8, 4) is 0 Å². The molecular weight excluding hydrogens is 859 g/mol. The third-order valence-corrected chi connectivity index (χ3v) is 14.8. The maximum Gasteiger partial charge on any atom is 0.329 e. The second-order valence-electron chi connectivity index (χ2n) is 20.0. The predicted octanol–water partition coefficient (Wildman–Crippen LogP) is 7.08. The highest BCUT2D eigenvalue weighted by molar-refractivity contribution is 6.39. The number of hydrogen-bond acceptors (Lipinski definition) is 13. The fourth-order valence-electron chi connectivity index (χ4n) is 10.4. The van der Waals surface area contributed by atoms with Crippen molar-refractivity contribution in [2.45, 2.75) is 174 Å². The van der Waals surface area contributed by atoms with Gasteiger partial charge < -0.3 is 43.5 Å². The number of ether oxygens (including phenoxy) is 6. The Morgan fingerprint density at radius 1 is 0.836 bits per heavy atom. The zero-order chi connectivity index (χ0) is 49.4. The maximum absolute atomic E-state index is 14.4. The number of nitrogens with zero attached hydrogens (tertiary/aromatic N) is 1. The molecular formula is C53H83NO13. The Morgan fingerprint density at radius 3 is 2.27 bits per heavy atom. The minimum atomic E-state index is -2.41. The summed E-state index contributed by atoms with van der Waals surface area (Å²) in [6.07, 6.45) is 16.6. The third kappa shape index (κ3) is 15.6. The van der Waals surface area contributed by atoms with Gasteiger partial charge in [0.1, 0.15) is 24.0 Å². The summed E-state index contributed by atoms with van der Waals surface area (Å²) in [5.41, 5.74) is 0.902. The summed E-state index contributed by atoms with van der Waals surface area (Å²) in [6.45, 7) is 13.5. The number of amides is 1. The molecule has 1 saturated carbocycles. The number of hydrogen-bond donors (Lipinski definition) is 2. The van der Waals surface area contributed by atoms with E-state index in [1.807, 2.05) is 58.1 Å². The Kier molecular flexibility index (Phi) is 22.8. The number of allylic oxidation sites excluding steroid dienone is 6. The highest BCUT2D eigenvalue weighted by Gasteiger charge is 2.53. The number of Topliss-reactive ketones (excluding diaryl/α,β-unsaturated/α-hetero) is 3. The van der Waals surface area contributed by atoms with Crippen molar-refractivity contribution in [3.05, 3.63) is 48.1 Å². The predicted molar refractivity (Wildman–Crippen MR) is 254 cm³/mol. The minimum Gasteiger partial charge on any atom is -0.460 e. The fourth-order valence-corrected chi connectivity index (χ4v) is 10.4. The molecule has 67 heavy (non-hydrogen) atoms. The minimum absolute atomic E-state index is 0.0140. The van der Waals surface area contributed by atoms with E-state index in [-0.39, 0.29) is 86.0 Å². The van der Waals surface area contributed by atoms with Crippen molar-refractivity contribution >= 4 is 29.2 Å². The van der Waals surface area contributed by atoms with Gasteiger partial charge in [0.2, 0.25) is 5.79 Å². The Balaban J connectivity index is 1.67. The summed E-state index contributed by atoms with van der Waals surface area (Å²) in [6, 6.07) is -1.11. The molecule has 4 rings (SSSR count). The molecule has 1 aliphatic carbocycles. The second kappa shape index (κ2) is 27.1. The molecule has 2 N–H and O–H groups in total. The molecule has 378 valence electrons. The monoisotopic (exact) mass is 942 g/mol. The smallest absolute Gasteiger partial charge is 0.329 e. The van der Waals surface area contributed by atoms with Gasteiger partial charge >= 0.3 is 5.97 Å². The lowest BCUT2D eigenvalue weighted by Gasteiger charge is -2.42. The lowest BCUT2D eigenvalue weighted by atomic mass is 9.78. The number of methoxy groups -OCH3 is 3. The van der Waals surface area contributed by atoms with E-state index in [0.29, 0.717) is 51.4 Å². The summed E-state index contributed by atoms with van der Waals surface area (Å²) in [4.78, 5) is 72.0. The van der Waals surface area contributed by atoms with Gasteiger partial charge in [-0.15, -0.1) is 0 Å². The van der Waals surface area contributed by atoms with Crippen molar-refractivity contribution in [3.63, 3.8) is 0 Å². The van der Waals surface area contributed by atoms with Crippen molar-refractivity contribution in [2.75, 3.05) is 41.1 Å². The molecule has 0 radical (unpaired) electrons. The van der Waals surface area contributed by atoms with Gasteiger partial charge in [-0.25, -0.2) is 4.79 Å². The van der Waals surface area contributed by atoms with Crippen LogP contribution in [0.2, 0.25) is 0 Å². The molecule has 1 amide bonds. The Labute approximate surface area is 400 Å². The number of aliphatic hydroxyl groups is 2. The number of rotatable bonds is 9. The molecule has 1 unspecified atom stereocenters. The van der Waals surface area contributed by atoms with Crippen LogP contribution in [0.25, 0.3) is 0 Å². The SMILES string of the molecule is CO[C@H]1C[C@@H]2CC[C@@H](C)[C@@](O)(O2)C(=O)C(=O)N2CCCC[C@H]2C(=O)OC([C@@H](C)C[C@@H]2CC[C@@H](OCCO)[C@H](OC)C2)CC(=O)[C@H](C)/C=C/[C@@H](C)[C@@H](OC)C(=O)[C@H](C)C[C@H](C)/C=C/C=C/C=C/1C. The molecule has 0 aromatic rings. The lowest BCUT2D eigenvalue weighted by molar-refractivity contribution is -0.265. The topological polar surface area (TPSA) is 184 Å². The van der Waals surface area contributed by atoms with Crippen LogP contribution in [0, 0.1) is 41.4 Å². The van der Waals surface area contributed by atoms with Crippen LogP contribution in [0.1, 0.15) is 126 Å². The van der Waals surface area contributed by atoms with E-state index in [0.717, 1.165) is 18.4 Å². The molecule has 3 heterocycles. The zero-order valence-corrected chi connectivity index (χ0v) is 42.1. The largest absolute Gasteiger partial charge is 0.460 e. The third-order valence-electron chi connectivity index (χ3n) is 14.8. The molecule has 14 nitrogen and oxygen atoms in total. The Bertz CT molecular complexity index is 1760. The number of carbonyl (C=O) groups is 5. The molecule has 14 heteroatoms.